The molecule has 5 aromatic rings. The van der Waals surface area contributed by atoms with Gasteiger partial charge in [0.15, 0.2) is 0 Å². The summed E-state index contributed by atoms with van der Waals surface area (Å²) in [6, 6.07) is 8.14. The number of hydrogen-bond donors (Lipinski definition) is 0. The highest BCUT2D eigenvalue weighted by molar-refractivity contribution is 6.14. The highest BCUT2D eigenvalue weighted by Gasteiger charge is 2.11. The molecule has 4 aromatic heterocycles. The van der Waals surface area contributed by atoms with Crippen molar-refractivity contribution in [1.29, 1.82) is 0 Å². The summed E-state index contributed by atoms with van der Waals surface area (Å²) >= 11 is 0. The van der Waals surface area contributed by atoms with Crippen LogP contribution in [0.15, 0.2) is 55.2 Å². The van der Waals surface area contributed by atoms with Crippen molar-refractivity contribution in [2.45, 2.75) is 0 Å². The largest absolute Gasteiger partial charge is 0.283 e. The van der Waals surface area contributed by atoms with Crippen LogP contribution in [0.1, 0.15) is 0 Å². The molecule has 5 rings (SSSR count). The zero-order valence-electron chi connectivity index (χ0n) is 10.9. The summed E-state index contributed by atoms with van der Waals surface area (Å²) in [5.41, 5.74) is 3.55. The highest BCUT2D eigenvalue weighted by atomic mass is 15.0. The molecule has 0 N–H and O–H groups in total. The molecule has 4 heterocycles. The van der Waals surface area contributed by atoms with E-state index >= 15 is 0 Å². The van der Waals surface area contributed by atoms with Gasteiger partial charge in [-0.2, -0.15) is 0 Å². The standard InChI is InChI=1S/C16H9N5/c1-2-10-11-8-13-14(18-5-4-17-13)9-12(11)16-20-6-7-21(16)15(10)19-3-1/h1-9H. The van der Waals surface area contributed by atoms with Crippen LogP contribution in [0.3, 0.4) is 0 Å². The maximum atomic E-state index is 4.50. The van der Waals surface area contributed by atoms with E-state index in [0.29, 0.717) is 0 Å². The fourth-order valence-electron chi connectivity index (χ4n) is 2.89. The summed E-state index contributed by atoms with van der Waals surface area (Å²) in [5.74, 6) is 0. The summed E-state index contributed by atoms with van der Waals surface area (Å²) < 4.78 is 2.01. The second kappa shape index (κ2) is 3.73. The topological polar surface area (TPSA) is 56.0 Å². The fraction of sp³-hybridized carbons (Fsp3) is 0. The quantitative estimate of drug-likeness (QED) is 0.321. The Kier molecular flexibility index (Phi) is 1.90. The van der Waals surface area contributed by atoms with Crippen LogP contribution in [0.2, 0.25) is 0 Å². The maximum absolute atomic E-state index is 4.50. The number of aromatic nitrogens is 5. The van der Waals surface area contributed by atoms with Crippen molar-refractivity contribution in [3.63, 3.8) is 0 Å². The number of fused-ring (bicyclic) bond motifs is 7. The van der Waals surface area contributed by atoms with Crippen LogP contribution >= 0.6 is 0 Å². The minimum Gasteiger partial charge on any atom is -0.283 e. The molecular formula is C16H9N5. The van der Waals surface area contributed by atoms with Crippen LogP contribution < -0.4 is 0 Å². The monoisotopic (exact) mass is 271 g/mol. The molecule has 0 atom stereocenters. The molecule has 0 aliphatic heterocycles. The second-order valence-electron chi connectivity index (χ2n) is 4.94. The Morgan fingerprint density at radius 1 is 0.667 bits per heavy atom. The minimum absolute atomic E-state index is 0.873. The summed E-state index contributed by atoms with van der Waals surface area (Å²) in [6.45, 7) is 0. The Hall–Kier alpha value is -3.08. The molecule has 0 radical (unpaired) electrons. The van der Waals surface area contributed by atoms with Gasteiger partial charge in [0.2, 0.25) is 0 Å². The maximum Gasteiger partial charge on any atom is 0.146 e. The number of nitrogens with zero attached hydrogens (tertiary/aromatic N) is 5. The SMILES string of the molecule is c1cnc2c(c1)c1cc3nccnc3cc1c1nccn21. The van der Waals surface area contributed by atoms with Gasteiger partial charge < -0.3 is 0 Å². The van der Waals surface area contributed by atoms with Crippen LogP contribution in [0.4, 0.5) is 0 Å². The van der Waals surface area contributed by atoms with E-state index < -0.39 is 0 Å². The van der Waals surface area contributed by atoms with Crippen molar-refractivity contribution in [1.82, 2.24) is 24.3 Å². The van der Waals surface area contributed by atoms with E-state index in [4.69, 9.17) is 0 Å². The van der Waals surface area contributed by atoms with E-state index in [9.17, 15) is 0 Å². The predicted molar refractivity (Wildman–Crippen MR) is 81.1 cm³/mol. The first-order chi connectivity index (χ1) is 10.4. The molecule has 0 unspecified atom stereocenters. The van der Waals surface area contributed by atoms with Gasteiger partial charge in [0.1, 0.15) is 11.3 Å². The van der Waals surface area contributed by atoms with Gasteiger partial charge in [-0.05, 0) is 29.7 Å². The fourth-order valence-corrected chi connectivity index (χ4v) is 2.89. The minimum atomic E-state index is 0.873. The van der Waals surface area contributed by atoms with Crippen molar-refractivity contribution >= 4 is 38.5 Å². The van der Waals surface area contributed by atoms with Gasteiger partial charge in [0.05, 0.1) is 11.0 Å². The molecule has 98 valence electrons. The molecule has 0 bridgehead atoms. The average molecular weight is 271 g/mol. The molecule has 0 amide bonds. The lowest BCUT2D eigenvalue weighted by Crippen LogP contribution is -1.93. The third-order valence-electron chi connectivity index (χ3n) is 3.80. The number of rotatable bonds is 0. The molecule has 1 aromatic carbocycles. The van der Waals surface area contributed by atoms with E-state index in [1.54, 1.807) is 24.8 Å². The van der Waals surface area contributed by atoms with Crippen LogP contribution in [-0.2, 0) is 0 Å². The van der Waals surface area contributed by atoms with Gasteiger partial charge in [-0.25, -0.2) is 9.97 Å². The van der Waals surface area contributed by atoms with Crippen LogP contribution in [0.5, 0.6) is 0 Å². The van der Waals surface area contributed by atoms with Gasteiger partial charge in [-0.3, -0.25) is 14.4 Å². The first kappa shape index (κ1) is 10.7. The lowest BCUT2D eigenvalue weighted by atomic mass is 10.1. The van der Waals surface area contributed by atoms with Crippen LogP contribution in [0, 0.1) is 0 Å². The van der Waals surface area contributed by atoms with Gasteiger partial charge in [-0.15, -0.1) is 0 Å². The molecular weight excluding hydrogens is 262 g/mol. The highest BCUT2D eigenvalue weighted by Crippen LogP contribution is 2.30. The molecule has 0 saturated carbocycles. The molecule has 0 aliphatic carbocycles. The Morgan fingerprint density at radius 2 is 1.38 bits per heavy atom. The second-order valence-corrected chi connectivity index (χ2v) is 4.94. The van der Waals surface area contributed by atoms with Crippen molar-refractivity contribution in [3.05, 3.63) is 55.2 Å². The molecule has 5 heteroatoms. The Morgan fingerprint density at radius 3 is 2.24 bits per heavy atom. The van der Waals surface area contributed by atoms with Crippen molar-refractivity contribution in [3.8, 4) is 0 Å². The summed E-state index contributed by atoms with van der Waals surface area (Å²) in [5, 5.41) is 3.25. The average Bonchev–Trinajstić information content (AvgIpc) is 3.03. The Bertz CT molecular complexity index is 1140. The normalized spacial score (nSPS) is 11.8. The first-order valence-corrected chi connectivity index (χ1v) is 6.66. The van der Waals surface area contributed by atoms with E-state index in [-0.39, 0.29) is 0 Å². The summed E-state index contributed by atoms with van der Waals surface area (Å²) in [7, 11) is 0. The van der Waals surface area contributed by atoms with Gasteiger partial charge in [0, 0.05) is 41.8 Å². The van der Waals surface area contributed by atoms with Crippen LogP contribution in [0.25, 0.3) is 38.5 Å². The lowest BCUT2D eigenvalue weighted by Gasteiger charge is -2.08. The van der Waals surface area contributed by atoms with Crippen molar-refractivity contribution in [2.75, 3.05) is 0 Å². The van der Waals surface area contributed by atoms with Crippen LogP contribution in [-0.4, -0.2) is 24.3 Å². The third kappa shape index (κ3) is 1.34. The van der Waals surface area contributed by atoms with Gasteiger partial charge in [0.25, 0.3) is 0 Å². The number of hydrogen-bond acceptors (Lipinski definition) is 4. The van der Waals surface area contributed by atoms with E-state index in [0.717, 1.165) is 38.5 Å². The Labute approximate surface area is 118 Å². The molecule has 0 fully saturated rings. The molecule has 21 heavy (non-hydrogen) atoms. The zero-order chi connectivity index (χ0) is 13.8. The first-order valence-electron chi connectivity index (χ1n) is 6.66. The van der Waals surface area contributed by atoms with E-state index in [1.807, 2.05) is 22.7 Å². The number of imidazole rings is 1. The predicted octanol–water partition coefficient (Wildman–Crippen LogP) is 2.98. The number of pyridine rings is 2. The zero-order valence-corrected chi connectivity index (χ0v) is 10.9. The summed E-state index contributed by atoms with van der Waals surface area (Å²) in [4.78, 5) is 17.8. The third-order valence-corrected chi connectivity index (χ3v) is 3.80. The Balaban J connectivity index is 2.18. The smallest absolute Gasteiger partial charge is 0.146 e. The van der Waals surface area contributed by atoms with Crippen molar-refractivity contribution in [2.24, 2.45) is 0 Å². The molecule has 0 spiro atoms. The molecule has 5 nitrogen and oxygen atoms in total. The summed E-state index contributed by atoms with van der Waals surface area (Å²) in [6.07, 6.45) is 8.95. The van der Waals surface area contributed by atoms with Gasteiger partial charge in [-0.1, -0.05) is 0 Å². The molecule has 0 saturated heterocycles. The van der Waals surface area contributed by atoms with Crippen molar-refractivity contribution < 1.29 is 0 Å². The van der Waals surface area contributed by atoms with E-state index in [2.05, 4.69) is 32.1 Å². The van der Waals surface area contributed by atoms with Gasteiger partial charge >= 0.3 is 0 Å². The molecule has 0 aliphatic rings. The van der Waals surface area contributed by atoms with E-state index in [1.165, 1.54) is 0 Å². The lowest BCUT2D eigenvalue weighted by molar-refractivity contribution is 1.20. The number of benzene rings is 1.